The lowest BCUT2D eigenvalue weighted by Gasteiger charge is -2.32. The molecule has 1 aliphatic heterocycles. The van der Waals surface area contributed by atoms with E-state index in [4.69, 9.17) is 10.5 Å². The van der Waals surface area contributed by atoms with E-state index >= 15 is 0 Å². The third kappa shape index (κ3) is 13.7. The molecular formula is C16H38N2O2. The minimum atomic E-state index is -0.406. The summed E-state index contributed by atoms with van der Waals surface area (Å²) in [6, 6.07) is 0.244. The molecule has 0 unspecified atom stereocenters. The molecule has 0 bridgehead atoms. The highest BCUT2D eigenvalue weighted by Gasteiger charge is 2.25. The number of ether oxygens (including phenoxy) is 1. The summed E-state index contributed by atoms with van der Waals surface area (Å²) in [7, 11) is 0. The van der Waals surface area contributed by atoms with Crippen LogP contribution in [0.15, 0.2) is 0 Å². The van der Waals surface area contributed by atoms with Crippen molar-refractivity contribution in [1.29, 1.82) is 0 Å². The van der Waals surface area contributed by atoms with Gasteiger partial charge in [0.05, 0.1) is 0 Å². The van der Waals surface area contributed by atoms with Crippen molar-refractivity contribution in [3.05, 3.63) is 0 Å². The van der Waals surface area contributed by atoms with Crippen LogP contribution >= 0.6 is 0 Å². The third-order valence-electron chi connectivity index (χ3n) is 2.19. The Bertz CT molecular complexity index is 205. The smallest absolute Gasteiger partial charge is 0.410 e. The fourth-order valence-corrected chi connectivity index (χ4v) is 1.41. The fourth-order valence-electron chi connectivity index (χ4n) is 1.41. The molecule has 0 aromatic carbocycles. The predicted octanol–water partition coefficient (Wildman–Crippen LogP) is 4.42. The van der Waals surface area contributed by atoms with Crippen LogP contribution in [0.5, 0.6) is 0 Å². The molecule has 1 amide bonds. The van der Waals surface area contributed by atoms with E-state index in [9.17, 15) is 4.79 Å². The largest absolute Gasteiger partial charge is 0.444 e. The summed E-state index contributed by atoms with van der Waals surface area (Å²) in [5.74, 6) is 0. The Morgan fingerprint density at radius 3 is 1.65 bits per heavy atom. The van der Waals surface area contributed by atoms with E-state index in [1.807, 2.05) is 62.3 Å². The molecule has 0 spiro atoms. The quantitative estimate of drug-likeness (QED) is 0.718. The highest BCUT2D eigenvalue weighted by atomic mass is 16.6. The van der Waals surface area contributed by atoms with Crippen LogP contribution in [0, 0.1) is 0 Å². The number of rotatable bonds is 0. The number of piperidine rings is 1. The average Bonchev–Trinajstić information content (AvgIpc) is 2.44. The van der Waals surface area contributed by atoms with Gasteiger partial charge in [0.25, 0.3) is 0 Å². The summed E-state index contributed by atoms with van der Waals surface area (Å²) in [4.78, 5) is 13.3. The molecule has 1 heterocycles. The SMILES string of the molecule is CC.CC.CC.CC(C)(C)OC(=O)N1CCC(N)CC1. The minimum absolute atomic E-state index is 0.218. The van der Waals surface area contributed by atoms with Gasteiger partial charge in [-0.2, -0.15) is 0 Å². The maximum atomic E-state index is 11.6. The van der Waals surface area contributed by atoms with Crippen LogP contribution in [0.3, 0.4) is 0 Å². The van der Waals surface area contributed by atoms with Crippen molar-refractivity contribution in [2.75, 3.05) is 13.1 Å². The van der Waals surface area contributed by atoms with Crippen LogP contribution in [-0.4, -0.2) is 35.7 Å². The van der Waals surface area contributed by atoms with Gasteiger partial charge >= 0.3 is 6.09 Å². The molecule has 0 aliphatic carbocycles. The number of nitrogens with two attached hydrogens (primary N) is 1. The number of hydrogen-bond acceptors (Lipinski definition) is 3. The molecule has 0 aromatic heterocycles. The molecule has 1 rings (SSSR count). The van der Waals surface area contributed by atoms with Crippen molar-refractivity contribution < 1.29 is 9.53 Å². The summed E-state index contributed by atoms with van der Waals surface area (Å²) in [5.41, 5.74) is 5.34. The van der Waals surface area contributed by atoms with Crippen LogP contribution in [0.4, 0.5) is 4.79 Å². The summed E-state index contributed by atoms with van der Waals surface area (Å²) in [6.07, 6.45) is 1.53. The summed E-state index contributed by atoms with van der Waals surface area (Å²) in [5, 5.41) is 0. The maximum absolute atomic E-state index is 11.6. The molecule has 2 N–H and O–H groups in total. The summed E-state index contributed by atoms with van der Waals surface area (Å²) < 4.78 is 5.26. The highest BCUT2D eigenvalue weighted by Crippen LogP contribution is 2.14. The van der Waals surface area contributed by atoms with Gasteiger partial charge in [0.15, 0.2) is 0 Å². The molecule has 1 aliphatic rings. The van der Waals surface area contributed by atoms with Crippen LogP contribution in [-0.2, 0) is 4.74 Å². The van der Waals surface area contributed by atoms with Gasteiger partial charge in [-0.25, -0.2) is 4.79 Å². The van der Waals surface area contributed by atoms with E-state index in [0.29, 0.717) is 0 Å². The van der Waals surface area contributed by atoms with Crippen LogP contribution < -0.4 is 5.73 Å². The lowest BCUT2D eigenvalue weighted by Crippen LogP contribution is -2.44. The molecule has 4 nitrogen and oxygen atoms in total. The average molecular weight is 290 g/mol. The molecule has 1 fully saturated rings. The van der Waals surface area contributed by atoms with E-state index in [1.54, 1.807) is 4.90 Å². The number of likely N-dealkylation sites (tertiary alicyclic amines) is 1. The maximum Gasteiger partial charge on any atom is 0.410 e. The van der Waals surface area contributed by atoms with Crippen molar-refractivity contribution in [3.8, 4) is 0 Å². The van der Waals surface area contributed by atoms with Gasteiger partial charge in [0.2, 0.25) is 0 Å². The second-order valence-electron chi connectivity index (χ2n) is 4.80. The van der Waals surface area contributed by atoms with Gasteiger partial charge in [-0.3, -0.25) is 0 Å². The molecule has 0 aromatic rings. The second-order valence-corrected chi connectivity index (χ2v) is 4.80. The molecule has 0 radical (unpaired) electrons. The molecular weight excluding hydrogens is 252 g/mol. The Hall–Kier alpha value is -0.770. The van der Waals surface area contributed by atoms with Crippen LogP contribution in [0.2, 0.25) is 0 Å². The number of amides is 1. The molecule has 4 heteroatoms. The van der Waals surface area contributed by atoms with E-state index in [1.165, 1.54) is 0 Å². The zero-order chi connectivity index (χ0) is 16.8. The molecule has 1 saturated heterocycles. The van der Waals surface area contributed by atoms with E-state index in [-0.39, 0.29) is 12.1 Å². The summed E-state index contributed by atoms with van der Waals surface area (Å²) in [6.45, 7) is 19.1. The van der Waals surface area contributed by atoms with Crippen molar-refractivity contribution in [3.63, 3.8) is 0 Å². The monoisotopic (exact) mass is 290 g/mol. The lowest BCUT2D eigenvalue weighted by atomic mass is 10.1. The van der Waals surface area contributed by atoms with Gasteiger partial charge in [-0.05, 0) is 33.6 Å². The fraction of sp³-hybridized carbons (Fsp3) is 0.938. The van der Waals surface area contributed by atoms with E-state index in [2.05, 4.69) is 0 Å². The van der Waals surface area contributed by atoms with Gasteiger partial charge in [0, 0.05) is 19.1 Å². The molecule has 20 heavy (non-hydrogen) atoms. The lowest BCUT2D eigenvalue weighted by molar-refractivity contribution is 0.0207. The highest BCUT2D eigenvalue weighted by molar-refractivity contribution is 5.68. The Morgan fingerprint density at radius 2 is 1.35 bits per heavy atom. The number of carbonyl (C=O) groups is 1. The number of hydrogen-bond donors (Lipinski definition) is 1. The van der Waals surface area contributed by atoms with Crippen molar-refractivity contribution in [2.45, 2.75) is 86.8 Å². The van der Waals surface area contributed by atoms with Gasteiger partial charge < -0.3 is 15.4 Å². The van der Waals surface area contributed by atoms with Crippen LogP contribution in [0.1, 0.15) is 75.2 Å². The Kier molecular flexibility index (Phi) is 17.8. The third-order valence-corrected chi connectivity index (χ3v) is 2.19. The first-order valence-electron chi connectivity index (χ1n) is 8.12. The van der Waals surface area contributed by atoms with Crippen molar-refractivity contribution >= 4 is 6.09 Å². The first-order chi connectivity index (χ1) is 9.38. The summed E-state index contributed by atoms with van der Waals surface area (Å²) >= 11 is 0. The predicted molar refractivity (Wildman–Crippen MR) is 89.1 cm³/mol. The van der Waals surface area contributed by atoms with Gasteiger partial charge in [-0.1, -0.05) is 41.5 Å². The Morgan fingerprint density at radius 1 is 1.00 bits per heavy atom. The Labute approximate surface area is 127 Å². The Balaban J connectivity index is -0.000000425. The minimum Gasteiger partial charge on any atom is -0.444 e. The van der Waals surface area contributed by atoms with Gasteiger partial charge in [0.1, 0.15) is 5.60 Å². The standard InChI is InChI=1S/C10H20N2O2.3C2H6/c1-10(2,3)14-9(13)12-6-4-8(11)5-7-12;3*1-2/h8H,4-7,11H2,1-3H3;3*1-2H3. The number of nitrogens with zero attached hydrogens (tertiary/aromatic N) is 1. The van der Waals surface area contributed by atoms with Crippen molar-refractivity contribution in [1.82, 2.24) is 4.90 Å². The normalized spacial score (nSPS) is 14.6. The zero-order valence-electron chi connectivity index (χ0n) is 15.2. The van der Waals surface area contributed by atoms with Gasteiger partial charge in [-0.15, -0.1) is 0 Å². The second kappa shape index (κ2) is 14.6. The first-order valence-corrected chi connectivity index (χ1v) is 8.12. The zero-order valence-corrected chi connectivity index (χ0v) is 15.2. The first kappa shape index (κ1) is 24.3. The topological polar surface area (TPSA) is 55.6 Å². The number of carbonyl (C=O) groups excluding carboxylic acids is 1. The van der Waals surface area contributed by atoms with Crippen LogP contribution in [0.25, 0.3) is 0 Å². The van der Waals surface area contributed by atoms with E-state index in [0.717, 1.165) is 25.9 Å². The van der Waals surface area contributed by atoms with Crippen molar-refractivity contribution in [2.24, 2.45) is 5.73 Å². The molecule has 0 atom stereocenters. The van der Waals surface area contributed by atoms with E-state index < -0.39 is 5.60 Å². The molecule has 0 saturated carbocycles. The molecule has 124 valence electrons.